The molecule has 0 saturated heterocycles. The van der Waals surface area contributed by atoms with Gasteiger partial charge in [0.25, 0.3) is 0 Å². The molecular weight excluding hydrogens is 1160 g/mol. The standard InChI is InChI=1S/C32H12BF24.C18H14N2O2S/c34-25(35,36)13-1-14(26(37,38)39)6-21(5-13)33(22-7-15(27(40,41)42)2-16(8-22)28(43,44)45,23-9-17(29(46,47)48)3-18(10-23)30(49,50)51)24-11-19(31(52,53)54)4-20(12-24)32(55,56)57;21-15(14-6-2-1-3-7-14)13-20-11-10-19-12-18(20)22-16-8-4-5-9-17(16)23/h1-12H;1-12H,13H2/q-1;/p+1. The third kappa shape index (κ3) is 14.3. The van der Waals surface area contributed by atoms with Gasteiger partial charge in [-0.25, -0.2) is 4.98 Å². The molecule has 7 aromatic rings. The Morgan fingerprint density at radius 1 is 0.425 bits per heavy atom. The summed E-state index contributed by atoms with van der Waals surface area (Å²) in [5.41, 5.74) is -29.5. The van der Waals surface area contributed by atoms with Gasteiger partial charge in [-0.1, -0.05) is 91.0 Å². The minimum atomic E-state index is -6.13. The Morgan fingerprint density at radius 2 is 0.713 bits per heavy atom. The van der Waals surface area contributed by atoms with Crippen molar-refractivity contribution >= 4 is 46.4 Å². The molecule has 0 aliphatic rings. The summed E-state index contributed by atoms with van der Waals surface area (Å²) in [5, 5.41) is 0. The summed E-state index contributed by atoms with van der Waals surface area (Å²) < 4.78 is 348. The molecule has 0 N–H and O–H groups in total. The zero-order valence-corrected chi connectivity index (χ0v) is 39.8. The van der Waals surface area contributed by atoms with E-state index in [0.29, 0.717) is 17.2 Å². The topological polar surface area (TPSA) is 43.1 Å². The number of aromatic nitrogens is 2. The maximum absolute atomic E-state index is 14.2. The van der Waals surface area contributed by atoms with Crippen LogP contribution < -0.4 is 31.2 Å². The number of thiol groups is 1. The molecule has 30 heteroatoms. The molecule has 0 saturated carbocycles. The second-order valence-electron chi connectivity index (χ2n) is 17.1. The zero-order valence-electron chi connectivity index (χ0n) is 38.9. The average Bonchev–Trinajstić information content (AvgIpc) is 3.47. The van der Waals surface area contributed by atoms with Crippen LogP contribution in [0.25, 0.3) is 0 Å². The van der Waals surface area contributed by atoms with Gasteiger partial charge in [-0.2, -0.15) is 132 Å². The van der Waals surface area contributed by atoms with E-state index >= 15 is 0 Å². The monoisotopic (exact) mass is 1190 g/mol. The van der Waals surface area contributed by atoms with E-state index < -0.39 is 195 Å². The van der Waals surface area contributed by atoms with Crippen molar-refractivity contribution in [2.75, 3.05) is 0 Å². The number of hydrogen-bond donors (Lipinski definition) is 1. The Balaban J connectivity index is 0.000000370. The summed E-state index contributed by atoms with van der Waals surface area (Å²) >= 11 is 4.37. The molecule has 426 valence electrons. The van der Waals surface area contributed by atoms with Crippen LogP contribution in [-0.2, 0) is 56.0 Å². The van der Waals surface area contributed by atoms with Crippen molar-refractivity contribution in [1.82, 2.24) is 4.98 Å². The minimum Gasteiger partial charge on any atom is -0.403 e. The SMILES string of the molecule is FC(F)(F)c1cc([B-](c2cc(C(F)(F)F)cc(C(F)(F)F)c2)(c2cc(C(F)(F)F)cc(C(F)(F)F)c2)c2cc(C(F)(F)F)cc(C(F)(F)F)c2)cc(C(F)(F)F)c1.O=C(C[n+]1ccncc1Oc1ccccc1S)c1ccccc1. The highest BCUT2D eigenvalue weighted by Crippen LogP contribution is 2.41. The van der Waals surface area contributed by atoms with Crippen molar-refractivity contribution in [3.8, 4) is 11.6 Å². The van der Waals surface area contributed by atoms with Crippen LogP contribution in [-0.4, -0.2) is 16.9 Å². The van der Waals surface area contributed by atoms with Gasteiger partial charge in [0.2, 0.25) is 12.3 Å². The number of nitrogens with zero attached hydrogens (tertiary/aromatic N) is 2. The van der Waals surface area contributed by atoms with E-state index in [1.54, 1.807) is 35.3 Å². The van der Waals surface area contributed by atoms with Crippen molar-refractivity contribution in [3.63, 3.8) is 0 Å². The van der Waals surface area contributed by atoms with Gasteiger partial charge in [-0.3, -0.25) is 4.79 Å². The van der Waals surface area contributed by atoms with Crippen LogP contribution in [0.1, 0.15) is 54.9 Å². The average molecular weight is 1190 g/mol. The molecule has 0 spiro atoms. The van der Waals surface area contributed by atoms with Crippen LogP contribution in [0.2, 0.25) is 0 Å². The lowest BCUT2D eigenvalue weighted by molar-refractivity contribution is -0.687. The molecular formula is C50H27BF24N2O2S. The fraction of sp³-hybridized carbons (Fsp3) is 0.180. The quantitative estimate of drug-likeness (QED) is 0.0515. The number of alkyl halides is 24. The molecule has 0 fully saturated rings. The molecule has 1 aromatic heterocycles. The van der Waals surface area contributed by atoms with Gasteiger partial charge in [0.15, 0.2) is 6.20 Å². The lowest BCUT2D eigenvalue weighted by atomic mass is 9.12. The first-order valence-electron chi connectivity index (χ1n) is 21.7. The van der Waals surface area contributed by atoms with Crippen LogP contribution in [0.3, 0.4) is 0 Å². The molecule has 7 rings (SSSR count). The number of carbonyl (C=O) groups excluding carboxylic acids is 1. The molecule has 4 nitrogen and oxygen atoms in total. The van der Waals surface area contributed by atoms with Gasteiger partial charge in [-0.05, 0) is 36.4 Å². The van der Waals surface area contributed by atoms with Gasteiger partial charge in [0, 0.05) is 10.5 Å². The number of benzene rings is 6. The normalized spacial score (nSPS) is 13.2. The Bertz CT molecular complexity index is 2940. The number of carbonyl (C=O) groups is 1. The van der Waals surface area contributed by atoms with E-state index in [1.807, 2.05) is 42.5 Å². The third-order valence-electron chi connectivity index (χ3n) is 11.7. The predicted octanol–water partition coefficient (Wildman–Crippen LogP) is 14.5. The fourth-order valence-electron chi connectivity index (χ4n) is 8.19. The molecule has 1 heterocycles. The lowest BCUT2D eigenvalue weighted by Gasteiger charge is -2.46. The molecule has 80 heavy (non-hydrogen) atoms. The highest BCUT2D eigenvalue weighted by Gasteiger charge is 2.47. The molecule has 0 aliphatic heterocycles. The number of ketones is 1. The largest absolute Gasteiger partial charge is 0.416 e. The van der Waals surface area contributed by atoms with Crippen molar-refractivity contribution in [3.05, 3.63) is 196 Å². The van der Waals surface area contributed by atoms with Gasteiger partial charge in [-0.15, -0.1) is 12.6 Å². The van der Waals surface area contributed by atoms with Gasteiger partial charge in [0.1, 0.15) is 18.1 Å². The Kier molecular flexibility index (Phi) is 16.9. The number of rotatable bonds is 9. The summed E-state index contributed by atoms with van der Waals surface area (Å²) in [6.45, 7) is 0.177. The lowest BCUT2D eigenvalue weighted by Crippen LogP contribution is -2.75. The van der Waals surface area contributed by atoms with Gasteiger partial charge < -0.3 is 4.74 Å². The van der Waals surface area contributed by atoms with Crippen molar-refractivity contribution in [1.29, 1.82) is 0 Å². The van der Waals surface area contributed by atoms with Crippen LogP contribution in [0, 0.1) is 0 Å². The molecule has 0 atom stereocenters. The Labute approximate surface area is 438 Å². The first-order valence-corrected chi connectivity index (χ1v) is 22.2. The van der Waals surface area contributed by atoms with Crippen LogP contribution in [0.5, 0.6) is 11.6 Å². The summed E-state index contributed by atoms with van der Waals surface area (Å²) in [7, 11) is 0. The van der Waals surface area contributed by atoms with E-state index in [9.17, 15) is 110 Å². The maximum Gasteiger partial charge on any atom is 0.416 e. The van der Waals surface area contributed by atoms with Crippen molar-refractivity contribution in [2.45, 2.75) is 60.9 Å². The number of Topliss-reactive ketones (excluding diaryl/α,β-unsaturated/α-hetero) is 1. The fourth-order valence-corrected chi connectivity index (χ4v) is 8.39. The number of para-hydroxylation sites is 1. The van der Waals surface area contributed by atoms with Gasteiger partial charge in [0.05, 0.1) is 50.7 Å². The Hall–Kier alpha value is -7.40. The first-order chi connectivity index (χ1) is 36.5. The van der Waals surface area contributed by atoms with Crippen LogP contribution >= 0.6 is 12.6 Å². The third-order valence-corrected chi connectivity index (χ3v) is 12.1. The first kappa shape index (κ1) is 61.8. The van der Waals surface area contributed by atoms with Crippen molar-refractivity contribution in [2.24, 2.45) is 0 Å². The van der Waals surface area contributed by atoms with Crippen LogP contribution in [0.15, 0.2) is 151 Å². The van der Waals surface area contributed by atoms with Crippen LogP contribution in [0.4, 0.5) is 105 Å². The molecule has 6 aromatic carbocycles. The molecule has 0 amide bonds. The number of hydrogen-bond acceptors (Lipinski definition) is 4. The Morgan fingerprint density at radius 3 is 1.00 bits per heavy atom. The number of halogens is 24. The highest BCUT2D eigenvalue weighted by atomic mass is 32.1. The van der Waals surface area contributed by atoms with Crippen molar-refractivity contribution < 1.29 is 119 Å². The summed E-state index contributed by atoms with van der Waals surface area (Å²) in [6, 6.07) is 7.77. The second-order valence-corrected chi connectivity index (χ2v) is 17.6. The second kappa shape index (κ2) is 21.9. The molecule has 0 unspecified atom stereocenters. The van der Waals surface area contributed by atoms with E-state index in [1.165, 1.54) is 0 Å². The minimum absolute atomic E-state index is 0.00538. The summed E-state index contributed by atoms with van der Waals surface area (Å²) in [6.07, 6.45) is -49.9. The van der Waals surface area contributed by atoms with E-state index in [-0.39, 0.29) is 12.3 Å². The molecule has 0 aliphatic carbocycles. The molecule has 0 bridgehead atoms. The highest BCUT2D eigenvalue weighted by molar-refractivity contribution is 7.80. The van der Waals surface area contributed by atoms with E-state index in [0.717, 1.165) is 4.90 Å². The smallest absolute Gasteiger partial charge is 0.403 e. The summed E-state index contributed by atoms with van der Waals surface area (Å²) in [4.78, 5) is 17.2. The van der Waals surface area contributed by atoms with E-state index in [2.05, 4.69) is 17.6 Å². The number of ether oxygens (including phenoxy) is 1. The summed E-state index contributed by atoms with van der Waals surface area (Å²) in [5.74, 6) is 1.11. The van der Waals surface area contributed by atoms with E-state index in [4.69, 9.17) is 4.74 Å². The molecule has 0 radical (unpaired) electrons. The zero-order chi connectivity index (χ0) is 60.0. The van der Waals surface area contributed by atoms with Gasteiger partial charge >= 0.3 is 55.3 Å². The maximum atomic E-state index is 14.2. The predicted molar refractivity (Wildman–Crippen MR) is 239 cm³/mol.